The van der Waals surface area contributed by atoms with Crippen LogP contribution < -0.4 is 5.32 Å². The highest BCUT2D eigenvalue weighted by molar-refractivity contribution is 5.36. The molecular formula is C12H16N4. The van der Waals surface area contributed by atoms with Gasteiger partial charge in [0.25, 0.3) is 0 Å². The molecule has 2 aromatic heterocycles. The average molecular weight is 216 g/mol. The Morgan fingerprint density at radius 3 is 3.06 bits per heavy atom. The van der Waals surface area contributed by atoms with Crippen LogP contribution in [0.15, 0.2) is 24.8 Å². The van der Waals surface area contributed by atoms with Gasteiger partial charge in [0.05, 0.1) is 6.20 Å². The van der Waals surface area contributed by atoms with E-state index in [0.29, 0.717) is 0 Å². The van der Waals surface area contributed by atoms with Crippen molar-refractivity contribution >= 4 is 5.65 Å². The SMILES string of the molecule is c1cn2c(CC3CCNCC3)cnc2cn1. The number of aromatic nitrogens is 3. The van der Waals surface area contributed by atoms with Crippen molar-refractivity contribution in [1.29, 1.82) is 0 Å². The van der Waals surface area contributed by atoms with E-state index in [-0.39, 0.29) is 0 Å². The largest absolute Gasteiger partial charge is 0.317 e. The second-order valence-corrected chi connectivity index (χ2v) is 4.45. The van der Waals surface area contributed by atoms with Gasteiger partial charge in [-0.15, -0.1) is 0 Å². The van der Waals surface area contributed by atoms with Crippen molar-refractivity contribution in [3.05, 3.63) is 30.5 Å². The third-order valence-electron chi connectivity index (χ3n) is 3.35. The van der Waals surface area contributed by atoms with Crippen LogP contribution in [0.5, 0.6) is 0 Å². The molecule has 0 bridgehead atoms. The highest BCUT2D eigenvalue weighted by atomic mass is 15.0. The van der Waals surface area contributed by atoms with Crippen molar-refractivity contribution in [2.75, 3.05) is 13.1 Å². The van der Waals surface area contributed by atoms with Crippen LogP contribution in [0.25, 0.3) is 5.65 Å². The highest BCUT2D eigenvalue weighted by Crippen LogP contribution is 2.18. The molecule has 3 heterocycles. The maximum Gasteiger partial charge on any atom is 0.155 e. The monoisotopic (exact) mass is 216 g/mol. The molecule has 0 saturated carbocycles. The van der Waals surface area contributed by atoms with E-state index in [0.717, 1.165) is 31.1 Å². The summed E-state index contributed by atoms with van der Waals surface area (Å²) in [6, 6.07) is 0. The lowest BCUT2D eigenvalue weighted by molar-refractivity contribution is 0.369. The smallest absolute Gasteiger partial charge is 0.155 e. The minimum absolute atomic E-state index is 0.800. The molecule has 4 heteroatoms. The lowest BCUT2D eigenvalue weighted by atomic mass is 9.93. The van der Waals surface area contributed by atoms with Gasteiger partial charge in [-0.05, 0) is 38.3 Å². The molecule has 1 fully saturated rings. The minimum Gasteiger partial charge on any atom is -0.317 e. The molecule has 3 rings (SSSR count). The van der Waals surface area contributed by atoms with Crippen molar-refractivity contribution in [1.82, 2.24) is 19.7 Å². The van der Waals surface area contributed by atoms with E-state index in [1.54, 1.807) is 0 Å². The van der Waals surface area contributed by atoms with E-state index >= 15 is 0 Å². The molecule has 16 heavy (non-hydrogen) atoms. The zero-order valence-electron chi connectivity index (χ0n) is 9.26. The molecule has 1 saturated heterocycles. The summed E-state index contributed by atoms with van der Waals surface area (Å²) >= 11 is 0. The van der Waals surface area contributed by atoms with Crippen LogP contribution in [-0.4, -0.2) is 27.5 Å². The summed E-state index contributed by atoms with van der Waals surface area (Å²) in [5.41, 5.74) is 2.26. The van der Waals surface area contributed by atoms with Crippen molar-refractivity contribution in [2.24, 2.45) is 5.92 Å². The second kappa shape index (κ2) is 4.22. The lowest BCUT2D eigenvalue weighted by Crippen LogP contribution is -2.28. The van der Waals surface area contributed by atoms with Gasteiger partial charge in [-0.1, -0.05) is 0 Å². The zero-order chi connectivity index (χ0) is 10.8. The maximum absolute atomic E-state index is 4.37. The van der Waals surface area contributed by atoms with E-state index < -0.39 is 0 Å². The predicted octanol–water partition coefficient (Wildman–Crippen LogP) is 1.27. The number of hydrogen-bond donors (Lipinski definition) is 1. The quantitative estimate of drug-likeness (QED) is 0.822. The third-order valence-corrected chi connectivity index (χ3v) is 3.35. The number of hydrogen-bond acceptors (Lipinski definition) is 3. The summed E-state index contributed by atoms with van der Waals surface area (Å²) in [6.45, 7) is 2.31. The molecule has 1 N–H and O–H groups in total. The highest BCUT2D eigenvalue weighted by Gasteiger charge is 2.15. The number of nitrogens with zero attached hydrogens (tertiary/aromatic N) is 3. The summed E-state index contributed by atoms with van der Waals surface area (Å²) < 4.78 is 2.15. The number of rotatable bonds is 2. The van der Waals surface area contributed by atoms with Crippen LogP contribution in [0.1, 0.15) is 18.5 Å². The Kier molecular flexibility index (Phi) is 2.58. The molecule has 84 valence electrons. The summed E-state index contributed by atoms with van der Waals surface area (Å²) in [7, 11) is 0. The molecular weight excluding hydrogens is 200 g/mol. The first-order valence-electron chi connectivity index (χ1n) is 5.90. The molecule has 2 aromatic rings. The molecule has 0 atom stereocenters. The summed E-state index contributed by atoms with van der Waals surface area (Å²) in [4.78, 5) is 8.45. The first kappa shape index (κ1) is 9.78. The molecule has 0 aromatic carbocycles. The lowest BCUT2D eigenvalue weighted by Gasteiger charge is -2.22. The maximum atomic E-state index is 4.37. The van der Waals surface area contributed by atoms with E-state index in [4.69, 9.17) is 0 Å². The van der Waals surface area contributed by atoms with Crippen LogP contribution >= 0.6 is 0 Å². The van der Waals surface area contributed by atoms with Crippen molar-refractivity contribution in [3.63, 3.8) is 0 Å². The summed E-state index contributed by atoms with van der Waals surface area (Å²) in [5.74, 6) is 0.800. The summed E-state index contributed by atoms with van der Waals surface area (Å²) in [5, 5.41) is 3.40. The van der Waals surface area contributed by atoms with Gasteiger partial charge < -0.3 is 9.72 Å². The molecule has 0 amide bonds. The van der Waals surface area contributed by atoms with Crippen LogP contribution in [-0.2, 0) is 6.42 Å². The second-order valence-electron chi connectivity index (χ2n) is 4.45. The Bertz CT molecular complexity index is 471. The Morgan fingerprint density at radius 2 is 2.19 bits per heavy atom. The molecule has 4 nitrogen and oxygen atoms in total. The van der Waals surface area contributed by atoms with Gasteiger partial charge in [0.15, 0.2) is 5.65 Å². The number of piperidine rings is 1. The van der Waals surface area contributed by atoms with Gasteiger partial charge in [-0.25, -0.2) is 4.98 Å². The molecule has 1 aliphatic heterocycles. The molecule has 0 radical (unpaired) electrons. The van der Waals surface area contributed by atoms with E-state index in [1.165, 1.54) is 18.5 Å². The normalized spacial score (nSPS) is 18.0. The zero-order valence-corrected chi connectivity index (χ0v) is 9.26. The number of imidazole rings is 1. The Morgan fingerprint density at radius 1 is 1.31 bits per heavy atom. The van der Waals surface area contributed by atoms with Crippen LogP contribution in [0.3, 0.4) is 0 Å². The topological polar surface area (TPSA) is 42.2 Å². The fraction of sp³-hybridized carbons (Fsp3) is 0.500. The molecule has 0 unspecified atom stereocenters. The van der Waals surface area contributed by atoms with E-state index in [9.17, 15) is 0 Å². The minimum atomic E-state index is 0.800. The van der Waals surface area contributed by atoms with Gasteiger partial charge in [0, 0.05) is 24.3 Å². The van der Waals surface area contributed by atoms with Crippen LogP contribution in [0.2, 0.25) is 0 Å². The number of fused-ring (bicyclic) bond motifs is 1. The molecule has 0 spiro atoms. The Balaban J connectivity index is 1.83. The van der Waals surface area contributed by atoms with E-state index in [1.807, 2.05) is 24.8 Å². The Hall–Kier alpha value is -1.42. The molecule has 1 aliphatic rings. The fourth-order valence-electron chi connectivity index (χ4n) is 2.43. The summed E-state index contributed by atoms with van der Waals surface area (Å²) in [6.07, 6.45) is 11.3. The van der Waals surface area contributed by atoms with Crippen molar-refractivity contribution in [2.45, 2.75) is 19.3 Å². The van der Waals surface area contributed by atoms with Crippen LogP contribution in [0, 0.1) is 5.92 Å². The fourth-order valence-corrected chi connectivity index (χ4v) is 2.43. The van der Waals surface area contributed by atoms with Crippen molar-refractivity contribution < 1.29 is 0 Å². The standard InChI is InChI=1S/C12H16N4/c1-3-13-4-2-10(1)7-11-8-15-12-9-14-5-6-16(11)12/h5-6,8-10,13H,1-4,7H2. The van der Waals surface area contributed by atoms with Gasteiger partial charge in [-0.3, -0.25) is 4.98 Å². The third kappa shape index (κ3) is 1.80. The van der Waals surface area contributed by atoms with Crippen LogP contribution in [0.4, 0.5) is 0 Å². The van der Waals surface area contributed by atoms with Gasteiger partial charge in [-0.2, -0.15) is 0 Å². The van der Waals surface area contributed by atoms with Gasteiger partial charge in [0.2, 0.25) is 0 Å². The average Bonchev–Trinajstić information content (AvgIpc) is 2.74. The first-order valence-corrected chi connectivity index (χ1v) is 5.90. The predicted molar refractivity (Wildman–Crippen MR) is 62.3 cm³/mol. The van der Waals surface area contributed by atoms with Gasteiger partial charge in [0.1, 0.15) is 0 Å². The first-order chi connectivity index (χ1) is 7.93. The van der Waals surface area contributed by atoms with Gasteiger partial charge >= 0.3 is 0 Å². The van der Waals surface area contributed by atoms with E-state index in [2.05, 4.69) is 19.7 Å². The number of nitrogens with one attached hydrogen (secondary N) is 1. The molecule has 0 aliphatic carbocycles. The Labute approximate surface area is 94.7 Å². The van der Waals surface area contributed by atoms with Crippen molar-refractivity contribution in [3.8, 4) is 0 Å².